The highest BCUT2D eigenvalue weighted by atomic mass is 32.2. The molecule has 1 aromatic heterocycles. The molecule has 0 N–H and O–H groups in total. The Kier molecular flexibility index (Phi) is 5.12. The van der Waals surface area contributed by atoms with Gasteiger partial charge in [0, 0.05) is 29.6 Å². The molecule has 0 amide bonds. The van der Waals surface area contributed by atoms with Crippen LogP contribution in [0.1, 0.15) is 12.8 Å². The molecule has 2 heterocycles. The van der Waals surface area contributed by atoms with Gasteiger partial charge < -0.3 is 9.47 Å². The summed E-state index contributed by atoms with van der Waals surface area (Å²) in [6.45, 7) is 2.43. The Labute approximate surface area is 101 Å². The molecule has 0 unspecified atom stereocenters. The van der Waals surface area contributed by atoms with Gasteiger partial charge in [-0.2, -0.15) is 0 Å². The molecule has 1 aliphatic rings. The van der Waals surface area contributed by atoms with E-state index in [4.69, 9.17) is 9.47 Å². The fourth-order valence-electron chi connectivity index (χ4n) is 1.64. The Morgan fingerprint density at radius 1 is 1.44 bits per heavy atom. The van der Waals surface area contributed by atoms with Gasteiger partial charge in [0.25, 0.3) is 0 Å². The first-order chi connectivity index (χ1) is 7.95. The molecule has 4 heteroatoms. The first kappa shape index (κ1) is 11.9. The molecule has 0 radical (unpaired) electrons. The van der Waals surface area contributed by atoms with Crippen molar-refractivity contribution in [1.29, 1.82) is 0 Å². The van der Waals surface area contributed by atoms with Crippen LogP contribution in [0.4, 0.5) is 0 Å². The summed E-state index contributed by atoms with van der Waals surface area (Å²) in [5, 5.41) is 0. The van der Waals surface area contributed by atoms with E-state index in [0.717, 1.165) is 32.0 Å². The van der Waals surface area contributed by atoms with Crippen molar-refractivity contribution in [1.82, 2.24) is 4.98 Å². The largest absolute Gasteiger partial charge is 0.378 e. The van der Waals surface area contributed by atoms with Gasteiger partial charge >= 0.3 is 0 Å². The third-order valence-electron chi connectivity index (χ3n) is 2.47. The quantitative estimate of drug-likeness (QED) is 0.563. The molecule has 1 aliphatic heterocycles. The van der Waals surface area contributed by atoms with E-state index in [2.05, 4.69) is 4.98 Å². The standard InChI is InChI=1S/C12H17NO2S/c1-2-11(15-7-1)10-14-8-9-16-12-3-5-13-6-4-12/h3-6,11H,1-2,7-10H2/t11-/m1/s1. The van der Waals surface area contributed by atoms with Crippen molar-refractivity contribution in [3.05, 3.63) is 24.5 Å². The molecule has 1 aromatic rings. The van der Waals surface area contributed by atoms with Gasteiger partial charge in [0.05, 0.1) is 19.3 Å². The lowest BCUT2D eigenvalue weighted by Crippen LogP contribution is -2.15. The zero-order chi connectivity index (χ0) is 11.1. The normalized spacial score (nSPS) is 20.1. The van der Waals surface area contributed by atoms with Crippen LogP contribution in [-0.2, 0) is 9.47 Å². The molecule has 0 spiro atoms. The van der Waals surface area contributed by atoms with Crippen LogP contribution in [0.2, 0.25) is 0 Å². The van der Waals surface area contributed by atoms with E-state index in [-0.39, 0.29) is 0 Å². The van der Waals surface area contributed by atoms with Crippen molar-refractivity contribution in [2.45, 2.75) is 23.8 Å². The highest BCUT2D eigenvalue weighted by Crippen LogP contribution is 2.16. The molecule has 0 bridgehead atoms. The summed E-state index contributed by atoms with van der Waals surface area (Å²) in [5.41, 5.74) is 0. The second-order valence-corrected chi connectivity index (χ2v) is 4.91. The topological polar surface area (TPSA) is 31.4 Å². The van der Waals surface area contributed by atoms with E-state index >= 15 is 0 Å². The smallest absolute Gasteiger partial charge is 0.0809 e. The fraction of sp³-hybridized carbons (Fsp3) is 0.583. The van der Waals surface area contributed by atoms with Crippen molar-refractivity contribution in [2.24, 2.45) is 0 Å². The minimum atomic E-state index is 0.339. The maximum absolute atomic E-state index is 5.58. The first-order valence-electron chi connectivity index (χ1n) is 5.67. The number of hydrogen-bond acceptors (Lipinski definition) is 4. The lowest BCUT2D eigenvalue weighted by atomic mass is 10.2. The van der Waals surface area contributed by atoms with E-state index in [1.807, 2.05) is 24.5 Å². The predicted octanol–water partition coefficient (Wildman–Crippen LogP) is 2.37. The van der Waals surface area contributed by atoms with Crippen LogP contribution in [0.15, 0.2) is 29.4 Å². The number of nitrogens with zero attached hydrogens (tertiary/aromatic N) is 1. The Morgan fingerprint density at radius 3 is 3.06 bits per heavy atom. The number of rotatable bonds is 6. The monoisotopic (exact) mass is 239 g/mol. The summed E-state index contributed by atoms with van der Waals surface area (Å²) < 4.78 is 11.1. The molecule has 88 valence electrons. The molecule has 16 heavy (non-hydrogen) atoms. The minimum absolute atomic E-state index is 0.339. The van der Waals surface area contributed by atoms with Crippen LogP contribution in [0.5, 0.6) is 0 Å². The average molecular weight is 239 g/mol. The van der Waals surface area contributed by atoms with Gasteiger partial charge in [-0.15, -0.1) is 11.8 Å². The zero-order valence-electron chi connectivity index (χ0n) is 9.30. The van der Waals surface area contributed by atoms with E-state index in [1.54, 1.807) is 11.8 Å². The molecule has 1 atom stereocenters. The average Bonchev–Trinajstić information content (AvgIpc) is 2.83. The molecule has 0 aliphatic carbocycles. The second-order valence-electron chi connectivity index (χ2n) is 3.74. The number of hydrogen-bond donors (Lipinski definition) is 0. The molecule has 1 fully saturated rings. The lowest BCUT2D eigenvalue weighted by Gasteiger charge is -2.09. The molecule has 2 rings (SSSR count). The van der Waals surface area contributed by atoms with E-state index < -0.39 is 0 Å². The summed E-state index contributed by atoms with van der Waals surface area (Å²) in [4.78, 5) is 5.23. The number of pyridine rings is 1. The van der Waals surface area contributed by atoms with E-state index in [9.17, 15) is 0 Å². The lowest BCUT2D eigenvalue weighted by molar-refractivity contribution is 0.0226. The molecule has 0 saturated carbocycles. The maximum Gasteiger partial charge on any atom is 0.0809 e. The molecule has 3 nitrogen and oxygen atoms in total. The van der Waals surface area contributed by atoms with Crippen LogP contribution < -0.4 is 0 Å². The van der Waals surface area contributed by atoms with Crippen molar-refractivity contribution < 1.29 is 9.47 Å². The Morgan fingerprint density at radius 2 is 2.31 bits per heavy atom. The van der Waals surface area contributed by atoms with Gasteiger partial charge in [0.2, 0.25) is 0 Å². The van der Waals surface area contributed by atoms with Gasteiger partial charge in [-0.1, -0.05) is 0 Å². The third kappa shape index (κ3) is 4.12. The molecule has 1 saturated heterocycles. The van der Waals surface area contributed by atoms with Gasteiger partial charge in [0.15, 0.2) is 0 Å². The second kappa shape index (κ2) is 6.89. The number of ether oxygens (including phenoxy) is 2. The Bertz CT molecular complexity index is 288. The summed E-state index contributed by atoms with van der Waals surface area (Å²) in [5.74, 6) is 0.983. The first-order valence-corrected chi connectivity index (χ1v) is 6.66. The van der Waals surface area contributed by atoms with Crippen LogP contribution in [0.25, 0.3) is 0 Å². The Balaban J connectivity index is 1.52. The Hall–Kier alpha value is -0.580. The number of aromatic nitrogens is 1. The molecular formula is C12H17NO2S. The van der Waals surface area contributed by atoms with Crippen LogP contribution >= 0.6 is 11.8 Å². The van der Waals surface area contributed by atoms with Gasteiger partial charge in [-0.05, 0) is 25.0 Å². The fourth-order valence-corrected chi connectivity index (χ4v) is 2.39. The molecular weight excluding hydrogens is 222 g/mol. The van der Waals surface area contributed by atoms with Gasteiger partial charge in [-0.3, -0.25) is 4.98 Å². The SMILES string of the molecule is c1cc(SCCOC[C@H]2CCCO2)ccn1. The summed E-state index contributed by atoms with van der Waals surface area (Å²) in [6.07, 6.45) is 6.30. The highest BCUT2D eigenvalue weighted by Gasteiger charge is 2.14. The van der Waals surface area contributed by atoms with Crippen molar-refractivity contribution >= 4 is 11.8 Å². The summed E-state index contributed by atoms with van der Waals surface area (Å²) in [7, 11) is 0. The van der Waals surface area contributed by atoms with Crippen LogP contribution in [0.3, 0.4) is 0 Å². The minimum Gasteiger partial charge on any atom is -0.378 e. The van der Waals surface area contributed by atoms with Crippen LogP contribution in [-0.4, -0.2) is 36.7 Å². The highest BCUT2D eigenvalue weighted by molar-refractivity contribution is 7.99. The third-order valence-corrected chi connectivity index (χ3v) is 3.45. The van der Waals surface area contributed by atoms with E-state index in [0.29, 0.717) is 6.10 Å². The molecule has 0 aromatic carbocycles. The van der Waals surface area contributed by atoms with Crippen molar-refractivity contribution in [3.63, 3.8) is 0 Å². The van der Waals surface area contributed by atoms with Gasteiger partial charge in [-0.25, -0.2) is 0 Å². The van der Waals surface area contributed by atoms with Crippen molar-refractivity contribution in [3.8, 4) is 0 Å². The van der Waals surface area contributed by atoms with Gasteiger partial charge in [0.1, 0.15) is 0 Å². The maximum atomic E-state index is 5.58. The summed E-state index contributed by atoms with van der Waals surface area (Å²) >= 11 is 1.80. The van der Waals surface area contributed by atoms with E-state index in [1.165, 1.54) is 11.3 Å². The number of thioether (sulfide) groups is 1. The van der Waals surface area contributed by atoms with Crippen molar-refractivity contribution in [2.75, 3.05) is 25.6 Å². The zero-order valence-corrected chi connectivity index (χ0v) is 10.1. The van der Waals surface area contributed by atoms with Crippen LogP contribution in [0, 0.1) is 0 Å². The predicted molar refractivity (Wildman–Crippen MR) is 64.8 cm³/mol. The summed E-state index contributed by atoms with van der Waals surface area (Å²) in [6, 6.07) is 4.04.